The first-order valence-corrected chi connectivity index (χ1v) is 4.44. The molecule has 1 heterocycles. The summed E-state index contributed by atoms with van der Waals surface area (Å²) in [4.78, 5) is 0. The number of aliphatic hydroxyl groups excluding tert-OH is 1. The molecule has 0 aliphatic heterocycles. The van der Waals surface area contributed by atoms with E-state index in [1.54, 1.807) is 6.20 Å². The summed E-state index contributed by atoms with van der Waals surface area (Å²) in [5.74, 6) is 0.825. The summed E-state index contributed by atoms with van der Waals surface area (Å²) >= 11 is 0. The highest BCUT2D eigenvalue weighted by Gasteiger charge is 2.28. The number of rotatable bonds is 2. The molecule has 1 aliphatic carbocycles. The zero-order chi connectivity index (χ0) is 8.55. The number of hydrogen-bond acceptors (Lipinski definition) is 2. The van der Waals surface area contributed by atoms with Gasteiger partial charge in [-0.3, -0.25) is 4.68 Å². The number of aromatic nitrogens is 2. The average Bonchev–Trinajstić information content (AvgIpc) is 2.45. The van der Waals surface area contributed by atoms with Gasteiger partial charge in [0.15, 0.2) is 0 Å². The Balaban J connectivity index is 2.12. The summed E-state index contributed by atoms with van der Waals surface area (Å²) < 4.78 is 1.96. The molecule has 0 unspecified atom stereocenters. The van der Waals surface area contributed by atoms with E-state index in [9.17, 15) is 0 Å². The largest absolute Gasteiger partial charge is 0.390 e. The second-order valence-corrected chi connectivity index (χ2v) is 3.66. The molecule has 0 saturated heterocycles. The molecule has 1 aliphatic rings. The number of nitrogens with zero attached hydrogens (tertiary/aromatic N) is 2. The molecule has 0 bridgehead atoms. The van der Waals surface area contributed by atoms with Crippen LogP contribution in [0, 0.1) is 5.92 Å². The third-order valence-corrected chi connectivity index (χ3v) is 2.61. The molecule has 0 atom stereocenters. The zero-order valence-corrected chi connectivity index (χ0v) is 7.27. The minimum atomic E-state index is 0.102. The standard InChI is InChI=1S/C9H14N2O/c1-7-4-9(5-7)11-8(6-12)2-3-10-11/h2-3,7,9,12H,4-6H2,1H3. The molecule has 1 saturated carbocycles. The van der Waals surface area contributed by atoms with Gasteiger partial charge in [-0.1, -0.05) is 6.92 Å². The van der Waals surface area contributed by atoms with Crippen LogP contribution in [0.5, 0.6) is 0 Å². The summed E-state index contributed by atoms with van der Waals surface area (Å²) in [5.41, 5.74) is 0.937. The van der Waals surface area contributed by atoms with Crippen molar-refractivity contribution in [1.82, 2.24) is 9.78 Å². The van der Waals surface area contributed by atoms with Crippen molar-refractivity contribution >= 4 is 0 Å². The van der Waals surface area contributed by atoms with Crippen LogP contribution in [0.1, 0.15) is 31.5 Å². The van der Waals surface area contributed by atoms with Gasteiger partial charge in [0.2, 0.25) is 0 Å². The van der Waals surface area contributed by atoms with Crippen molar-refractivity contribution in [2.45, 2.75) is 32.4 Å². The Morgan fingerprint density at radius 1 is 1.67 bits per heavy atom. The Labute approximate surface area is 72.0 Å². The van der Waals surface area contributed by atoms with E-state index in [1.807, 2.05) is 10.7 Å². The highest BCUT2D eigenvalue weighted by Crippen LogP contribution is 2.37. The van der Waals surface area contributed by atoms with Gasteiger partial charge in [-0.25, -0.2) is 0 Å². The molecule has 1 fully saturated rings. The second-order valence-electron chi connectivity index (χ2n) is 3.66. The maximum absolute atomic E-state index is 8.98. The van der Waals surface area contributed by atoms with Crippen LogP contribution < -0.4 is 0 Å². The molecule has 66 valence electrons. The van der Waals surface area contributed by atoms with Crippen molar-refractivity contribution in [2.24, 2.45) is 5.92 Å². The highest BCUT2D eigenvalue weighted by atomic mass is 16.3. The molecule has 0 amide bonds. The monoisotopic (exact) mass is 166 g/mol. The summed E-state index contributed by atoms with van der Waals surface area (Å²) in [7, 11) is 0. The van der Waals surface area contributed by atoms with Crippen LogP contribution in [-0.4, -0.2) is 14.9 Å². The fraction of sp³-hybridized carbons (Fsp3) is 0.667. The lowest BCUT2D eigenvalue weighted by molar-refractivity contribution is 0.181. The molecule has 0 spiro atoms. The molecule has 1 aromatic rings. The molecule has 1 N–H and O–H groups in total. The van der Waals surface area contributed by atoms with Crippen LogP contribution in [0.25, 0.3) is 0 Å². The van der Waals surface area contributed by atoms with Gasteiger partial charge in [0.25, 0.3) is 0 Å². The summed E-state index contributed by atoms with van der Waals surface area (Å²) in [5, 5.41) is 13.2. The summed E-state index contributed by atoms with van der Waals surface area (Å²) in [6.07, 6.45) is 4.16. The van der Waals surface area contributed by atoms with Crippen molar-refractivity contribution < 1.29 is 5.11 Å². The van der Waals surface area contributed by atoms with Crippen LogP contribution in [0.3, 0.4) is 0 Å². The van der Waals surface area contributed by atoms with Crippen molar-refractivity contribution in [3.63, 3.8) is 0 Å². The summed E-state index contributed by atoms with van der Waals surface area (Å²) in [6.45, 7) is 2.35. The lowest BCUT2D eigenvalue weighted by atomic mass is 9.82. The molecule has 3 heteroatoms. The molecule has 1 aromatic heterocycles. The smallest absolute Gasteiger partial charge is 0.0850 e. The zero-order valence-electron chi connectivity index (χ0n) is 7.27. The predicted octanol–water partition coefficient (Wildman–Crippen LogP) is 1.35. The molecule has 0 aromatic carbocycles. The lowest BCUT2D eigenvalue weighted by Crippen LogP contribution is -2.26. The van der Waals surface area contributed by atoms with Crippen LogP contribution >= 0.6 is 0 Å². The maximum atomic E-state index is 8.98. The van der Waals surface area contributed by atoms with Gasteiger partial charge in [0.05, 0.1) is 18.3 Å². The third-order valence-electron chi connectivity index (χ3n) is 2.61. The molecular weight excluding hydrogens is 152 g/mol. The van der Waals surface area contributed by atoms with Crippen LogP contribution in [-0.2, 0) is 6.61 Å². The maximum Gasteiger partial charge on any atom is 0.0850 e. The molecule has 2 rings (SSSR count). The predicted molar refractivity (Wildman–Crippen MR) is 45.6 cm³/mol. The first-order chi connectivity index (χ1) is 5.81. The van der Waals surface area contributed by atoms with E-state index < -0.39 is 0 Å². The van der Waals surface area contributed by atoms with E-state index in [2.05, 4.69) is 12.0 Å². The van der Waals surface area contributed by atoms with Crippen molar-refractivity contribution in [1.29, 1.82) is 0 Å². The van der Waals surface area contributed by atoms with Gasteiger partial charge in [-0.05, 0) is 24.8 Å². The second kappa shape index (κ2) is 2.90. The summed E-state index contributed by atoms with van der Waals surface area (Å²) in [6, 6.07) is 2.42. The first-order valence-electron chi connectivity index (χ1n) is 4.44. The molecule has 12 heavy (non-hydrogen) atoms. The van der Waals surface area contributed by atoms with Crippen LogP contribution in [0.2, 0.25) is 0 Å². The molecular formula is C9H14N2O. The van der Waals surface area contributed by atoms with E-state index in [-0.39, 0.29) is 6.61 Å². The quantitative estimate of drug-likeness (QED) is 0.720. The third kappa shape index (κ3) is 1.14. The van der Waals surface area contributed by atoms with Gasteiger partial charge < -0.3 is 5.11 Å². The normalized spacial score (nSPS) is 28.5. The number of hydrogen-bond donors (Lipinski definition) is 1. The van der Waals surface area contributed by atoms with Crippen molar-refractivity contribution in [3.05, 3.63) is 18.0 Å². The topological polar surface area (TPSA) is 38.0 Å². The van der Waals surface area contributed by atoms with E-state index in [1.165, 1.54) is 12.8 Å². The van der Waals surface area contributed by atoms with Gasteiger partial charge >= 0.3 is 0 Å². The van der Waals surface area contributed by atoms with Gasteiger partial charge in [0.1, 0.15) is 0 Å². The van der Waals surface area contributed by atoms with Gasteiger partial charge in [0, 0.05) is 6.20 Å². The van der Waals surface area contributed by atoms with E-state index in [4.69, 9.17) is 5.11 Å². The van der Waals surface area contributed by atoms with Gasteiger partial charge in [-0.15, -0.1) is 0 Å². The lowest BCUT2D eigenvalue weighted by Gasteiger charge is -2.33. The first kappa shape index (κ1) is 7.80. The highest BCUT2D eigenvalue weighted by molar-refractivity contribution is 5.01. The van der Waals surface area contributed by atoms with Crippen LogP contribution in [0.4, 0.5) is 0 Å². The van der Waals surface area contributed by atoms with Gasteiger partial charge in [-0.2, -0.15) is 5.10 Å². The SMILES string of the molecule is CC1CC(n2nccc2CO)C1. The van der Waals surface area contributed by atoms with Crippen LogP contribution in [0.15, 0.2) is 12.3 Å². The Morgan fingerprint density at radius 3 is 3.00 bits per heavy atom. The van der Waals surface area contributed by atoms with E-state index in [0.29, 0.717) is 6.04 Å². The minimum absolute atomic E-state index is 0.102. The van der Waals surface area contributed by atoms with E-state index in [0.717, 1.165) is 11.6 Å². The van der Waals surface area contributed by atoms with Crippen molar-refractivity contribution in [3.8, 4) is 0 Å². The Bertz CT molecular complexity index is 263. The van der Waals surface area contributed by atoms with Crippen molar-refractivity contribution in [2.75, 3.05) is 0 Å². The minimum Gasteiger partial charge on any atom is -0.390 e. The Kier molecular flexibility index (Phi) is 1.89. The Hall–Kier alpha value is -0.830. The molecule has 0 radical (unpaired) electrons. The number of aliphatic hydroxyl groups is 1. The average molecular weight is 166 g/mol. The fourth-order valence-corrected chi connectivity index (χ4v) is 1.86. The van der Waals surface area contributed by atoms with E-state index >= 15 is 0 Å². The fourth-order valence-electron chi connectivity index (χ4n) is 1.86. The molecule has 3 nitrogen and oxygen atoms in total. The Morgan fingerprint density at radius 2 is 2.42 bits per heavy atom.